The second-order valence-electron chi connectivity index (χ2n) is 4.23. The van der Waals surface area contributed by atoms with E-state index in [4.69, 9.17) is 0 Å². The van der Waals surface area contributed by atoms with Gasteiger partial charge in [-0.2, -0.15) is 5.26 Å². The van der Waals surface area contributed by atoms with Crippen molar-refractivity contribution >= 4 is 0 Å². The van der Waals surface area contributed by atoms with Crippen LogP contribution in [0.25, 0.3) is 0 Å². The Labute approximate surface area is 87.0 Å². The third kappa shape index (κ3) is 2.59. The zero-order valence-corrected chi connectivity index (χ0v) is 9.05. The van der Waals surface area contributed by atoms with E-state index >= 15 is 0 Å². The molecule has 0 amide bonds. The molecule has 1 aliphatic carbocycles. The Morgan fingerprint density at radius 1 is 1.71 bits per heavy atom. The Morgan fingerprint density at radius 3 is 3.07 bits per heavy atom. The van der Waals surface area contributed by atoms with E-state index in [1.807, 2.05) is 6.08 Å². The lowest BCUT2D eigenvalue weighted by Gasteiger charge is -2.36. The highest BCUT2D eigenvalue weighted by molar-refractivity contribution is 5.10. The van der Waals surface area contributed by atoms with Crippen LogP contribution in [-0.2, 0) is 0 Å². The largest absolute Gasteiger partial charge is 0.296 e. The van der Waals surface area contributed by atoms with Crippen LogP contribution in [0.4, 0.5) is 0 Å². The Kier molecular flexibility index (Phi) is 4.16. The fourth-order valence-corrected chi connectivity index (χ4v) is 2.31. The van der Waals surface area contributed by atoms with Gasteiger partial charge in [0.2, 0.25) is 0 Å². The highest BCUT2D eigenvalue weighted by Gasteiger charge is 2.34. The van der Waals surface area contributed by atoms with Crippen LogP contribution in [0.3, 0.4) is 0 Å². The van der Waals surface area contributed by atoms with Crippen molar-refractivity contribution in [3.8, 4) is 6.07 Å². The minimum absolute atomic E-state index is 0.271. The number of rotatable bonds is 4. The lowest BCUT2D eigenvalue weighted by molar-refractivity contribution is 0.230. The van der Waals surface area contributed by atoms with Crippen molar-refractivity contribution in [3.63, 3.8) is 0 Å². The average Bonchev–Trinajstić information content (AvgIpc) is 2.26. The minimum Gasteiger partial charge on any atom is -0.296 e. The number of nitrogens with one attached hydrogen (secondary N) is 1. The minimum atomic E-state index is -0.271. The normalized spacial score (nSPS) is 32.1. The molecule has 1 saturated carbocycles. The van der Waals surface area contributed by atoms with Crippen molar-refractivity contribution in [2.45, 2.75) is 44.6 Å². The third-order valence-corrected chi connectivity index (χ3v) is 3.23. The Hall–Kier alpha value is -0.810. The molecule has 0 spiro atoms. The predicted molar refractivity (Wildman–Crippen MR) is 58.8 cm³/mol. The van der Waals surface area contributed by atoms with Crippen LogP contribution in [0.1, 0.15) is 39.0 Å². The van der Waals surface area contributed by atoms with Gasteiger partial charge in [0.1, 0.15) is 5.54 Å². The van der Waals surface area contributed by atoms with E-state index in [2.05, 4.69) is 24.9 Å². The van der Waals surface area contributed by atoms with Gasteiger partial charge in [-0.25, -0.2) is 0 Å². The quantitative estimate of drug-likeness (QED) is 0.695. The second kappa shape index (κ2) is 5.17. The molecule has 2 nitrogen and oxygen atoms in total. The van der Waals surface area contributed by atoms with Crippen molar-refractivity contribution in [2.75, 3.05) is 6.54 Å². The molecule has 0 aliphatic heterocycles. The molecular formula is C12H20N2. The molecule has 14 heavy (non-hydrogen) atoms. The molecule has 0 saturated heterocycles. The molecule has 0 aromatic rings. The predicted octanol–water partition coefficient (Wildman–Crippen LogP) is 2.62. The summed E-state index contributed by atoms with van der Waals surface area (Å²) in [5.41, 5.74) is -0.271. The number of nitrogens with zero attached hydrogens (tertiary/aromatic N) is 1. The van der Waals surface area contributed by atoms with Crippen LogP contribution >= 0.6 is 0 Å². The average molecular weight is 192 g/mol. The molecule has 2 atom stereocenters. The summed E-state index contributed by atoms with van der Waals surface area (Å²) in [6.07, 6.45) is 7.49. The van der Waals surface area contributed by atoms with Gasteiger partial charge in [0, 0.05) is 6.54 Å². The molecule has 1 rings (SSSR count). The van der Waals surface area contributed by atoms with Crippen molar-refractivity contribution < 1.29 is 0 Å². The van der Waals surface area contributed by atoms with Crippen molar-refractivity contribution in [1.82, 2.24) is 5.32 Å². The summed E-state index contributed by atoms with van der Waals surface area (Å²) in [4.78, 5) is 0. The number of hydrogen-bond acceptors (Lipinski definition) is 2. The van der Waals surface area contributed by atoms with E-state index in [0.29, 0.717) is 0 Å². The van der Waals surface area contributed by atoms with Gasteiger partial charge in [-0.05, 0) is 18.8 Å². The van der Waals surface area contributed by atoms with E-state index in [1.165, 1.54) is 19.3 Å². The van der Waals surface area contributed by atoms with E-state index in [9.17, 15) is 5.26 Å². The lowest BCUT2D eigenvalue weighted by atomic mass is 9.75. The first-order valence-corrected chi connectivity index (χ1v) is 5.53. The zero-order chi connectivity index (χ0) is 10.4. The molecule has 1 aliphatic rings. The van der Waals surface area contributed by atoms with E-state index in [1.54, 1.807) is 0 Å². The summed E-state index contributed by atoms with van der Waals surface area (Å²) >= 11 is 0. The highest BCUT2D eigenvalue weighted by Crippen LogP contribution is 2.33. The summed E-state index contributed by atoms with van der Waals surface area (Å²) in [5, 5.41) is 12.6. The van der Waals surface area contributed by atoms with Crippen molar-refractivity contribution in [2.24, 2.45) is 5.92 Å². The fourth-order valence-electron chi connectivity index (χ4n) is 2.31. The number of hydrogen-bond donors (Lipinski definition) is 1. The van der Waals surface area contributed by atoms with Crippen LogP contribution in [0.2, 0.25) is 0 Å². The Morgan fingerprint density at radius 2 is 2.50 bits per heavy atom. The molecule has 1 N–H and O–H groups in total. The van der Waals surface area contributed by atoms with Gasteiger partial charge in [-0.15, -0.1) is 6.58 Å². The van der Waals surface area contributed by atoms with Gasteiger partial charge in [0.05, 0.1) is 6.07 Å². The Bertz CT molecular complexity index is 229. The van der Waals surface area contributed by atoms with E-state index in [0.717, 1.165) is 25.3 Å². The van der Waals surface area contributed by atoms with Crippen LogP contribution in [0, 0.1) is 17.2 Å². The first kappa shape index (κ1) is 11.3. The molecule has 0 bridgehead atoms. The second-order valence-corrected chi connectivity index (χ2v) is 4.23. The van der Waals surface area contributed by atoms with Crippen LogP contribution in [0.15, 0.2) is 12.7 Å². The maximum absolute atomic E-state index is 9.23. The summed E-state index contributed by atoms with van der Waals surface area (Å²) < 4.78 is 0. The molecule has 1 fully saturated rings. The first-order valence-electron chi connectivity index (χ1n) is 5.53. The summed E-state index contributed by atoms with van der Waals surface area (Å²) in [7, 11) is 0. The Balaban J connectivity index is 2.59. The van der Waals surface area contributed by atoms with Crippen LogP contribution < -0.4 is 5.32 Å². The highest BCUT2D eigenvalue weighted by atomic mass is 15.0. The van der Waals surface area contributed by atoms with Crippen molar-refractivity contribution in [3.05, 3.63) is 12.7 Å². The first-order chi connectivity index (χ1) is 6.76. The van der Waals surface area contributed by atoms with Gasteiger partial charge in [-0.1, -0.05) is 32.3 Å². The van der Waals surface area contributed by atoms with Crippen molar-refractivity contribution in [1.29, 1.82) is 5.26 Å². The molecule has 0 aromatic heterocycles. The monoisotopic (exact) mass is 192 g/mol. The maximum Gasteiger partial charge on any atom is 0.107 e. The molecule has 0 heterocycles. The van der Waals surface area contributed by atoms with E-state index < -0.39 is 0 Å². The summed E-state index contributed by atoms with van der Waals surface area (Å²) in [5.74, 6) is 0.723. The van der Waals surface area contributed by atoms with Gasteiger partial charge >= 0.3 is 0 Å². The topological polar surface area (TPSA) is 35.8 Å². The van der Waals surface area contributed by atoms with Gasteiger partial charge in [0.25, 0.3) is 0 Å². The standard InChI is InChI=1S/C12H20N2/c1-3-8-14-12(10-13)7-5-6-11(4-2)9-12/h3,11,14H,1,4-9H2,2H3. The van der Waals surface area contributed by atoms with Gasteiger partial charge in [-0.3, -0.25) is 5.32 Å². The van der Waals surface area contributed by atoms with Gasteiger partial charge < -0.3 is 0 Å². The van der Waals surface area contributed by atoms with Crippen LogP contribution in [0.5, 0.6) is 0 Å². The zero-order valence-electron chi connectivity index (χ0n) is 9.05. The molecule has 0 aromatic carbocycles. The molecular weight excluding hydrogens is 172 g/mol. The molecule has 2 heteroatoms. The third-order valence-electron chi connectivity index (χ3n) is 3.23. The molecule has 2 unspecified atom stereocenters. The maximum atomic E-state index is 9.23. The van der Waals surface area contributed by atoms with Gasteiger partial charge in [0.15, 0.2) is 0 Å². The van der Waals surface area contributed by atoms with E-state index in [-0.39, 0.29) is 5.54 Å². The lowest BCUT2D eigenvalue weighted by Crippen LogP contribution is -2.47. The number of nitriles is 1. The SMILES string of the molecule is C=CCNC1(C#N)CCCC(CC)C1. The smallest absolute Gasteiger partial charge is 0.107 e. The molecule has 0 radical (unpaired) electrons. The fraction of sp³-hybridized carbons (Fsp3) is 0.750. The summed E-state index contributed by atoms with van der Waals surface area (Å²) in [6, 6.07) is 2.46. The molecule has 78 valence electrons. The van der Waals surface area contributed by atoms with Crippen LogP contribution in [-0.4, -0.2) is 12.1 Å². The summed E-state index contributed by atoms with van der Waals surface area (Å²) in [6.45, 7) is 6.63.